The predicted molar refractivity (Wildman–Crippen MR) is 151 cm³/mol. The Morgan fingerprint density at radius 1 is 1.05 bits per heavy atom. The van der Waals surface area contributed by atoms with Gasteiger partial charge in [-0.3, -0.25) is 9.55 Å². The molecule has 0 atom stereocenters. The SMILES string of the molecule is [C-]#[N+]c1cncc(-c2nc(NCCc3ccc(O)c(-c4ccccc4)c3)c3nc4n(c3n2)C(C)(C)CS4)c1. The molecule has 0 fully saturated rings. The van der Waals surface area contributed by atoms with Crippen LogP contribution in [-0.4, -0.2) is 41.9 Å². The minimum Gasteiger partial charge on any atom is -0.507 e. The average molecular weight is 520 g/mol. The molecule has 5 aromatic rings. The smallest absolute Gasteiger partial charge is 0.205 e. The Morgan fingerprint density at radius 2 is 1.89 bits per heavy atom. The summed E-state index contributed by atoms with van der Waals surface area (Å²) in [6, 6.07) is 17.3. The van der Waals surface area contributed by atoms with Crippen molar-refractivity contribution in [3.05, 3.63) is 84.0 Å². The van der Waals surface area contributed by atoms with E-state index in [1.54, 1.807) is 30.1 Å². The summed E-state index contributed by atoms with van der Waals surface area (Å²) in [4.78, 5) is 22.3. The second kappa shape index (κ2) is 9.47. The van der Waals surface area contributed by atoms with Crippen LogP contribution in [-0.2, 0) is 12.0 Å². The molecule has 188 valence electrons. The number of benzene rings is 2. The Hall–Kier alpha value is -4.42. The fourth-order valence-corrected chi connectivity index (χ4v) is 5.89. The van der Waals surface area contributed by atoms with Crippen LogP contribution in [0.5, 0.6) is 5.75 Å². The summed E-state index contributed by atoms with van der Waals surface area (Å²) >= 11 is 1.72. The molecule has 9 heteroatoms. The van der Waals surface area contributed by atoms with Gasteiger partial charge in [0.25, 0.3) is 0 Å². The summed E-state index contributed by atoms with van der Waals surface area (Å²) in [6.07, 6.45) is 3.94. The van der Waals surface area contributed by atoms with Crippen LogP contribution in [0.1, 0.15) is 19.4 Å². The molecule has 1 aliphatic heterocycles. The maximum atomic E-state index is 10.4. The average Bonchev–Trinajstić information content (AvgIpc) is 3.47. The van der Waals surface area contributed by atoms with Crippen molar-refractivity contribution in [1.82, 2.24) is 24.5 Å². The van der Waals surface area contributed by atoms with Gasteiger partial charge in [0.15, 0.2) is 28.0 Å². The lowest BCUT2D eigenvalue weighted by molar-refractivity contribution is 0.404. The first-order valence-electron chi connectivity index (χ1n) is 12.3. The van der Waals surface area contributed by atoms with Crippen LogP contribution in [0.3, 0.4) is 0 Å². The van der Waals surface area contributed by atoms with Crippen molar-refractivity contribution in [1.29, 1.82) is 0 Å². The molecule has 2 N–H and O–H groups in total. The number of anilines is 1. The summed E-state index contributed by atoms with van der Waals surface area (Å²) in [5, 5.41) is 14.8. The topological polar surface area (TPSA) is 93.1 Å². The molecule has 0 radical (unpaired) electrons. The molecule has 1 aliphatic rings. The van der Waals surface area contributed by atoms with E-state index in [9.17, 15) is 5.11 Å². The monoisotopic (exact) mass is 519 g/mol. The van der Waals surface area contributed by atoms with E-state index >= 15 is 0 Å². The quantitative estimate of drug-likeness (QED) is 0.254. The number of phenolic OH excluding ortho intramolecular Hbond substituents is 1. The highest BCUT2D eigenvalue weighted by Gasteiger charge is 2.35. The minimum atomic E-state index is -0.131. The summed E-state index contributed by atoms with van der Waals surface area (Å²) in [6.45, 7) is 12.3. The first kappa shape index (κ1) is 23.9. The van der Waals surface area contributed by atoms with E-state index in [2.05, 4.69) is 33.6 Å². The van der Waals surface area contributed by atoms with Gasteiger partial charge in [0.05, 0.1) is 12.1 Å². The number of rotatable bonds is 6. The molecule has 6 rings (SSSR count). The van der Waals surface area contributed by atoms with Gasteiger partial charge in [0.1, 0.15) is 5.75 Å². The fourth-order valence-electron chi connectivity index (χ4n) is 4.66. The molecule has 4 heterocycles. The number of nitrogens with one attached hydrogen (secondary N) is 1. The Labute approximate surface area is 224 Å². The van der Waals surface area contributed by atoms with E-state index < -0.39 is 0 Å². The lowest BCUT2D eigenvalue weighted by atomic mass is 10.0. The molecule has 2 aromatic carbocycles. The van der Waals surface area contributed by atoms with Crippen LogP contribution >= 0.6 is 11.8 Å². The number of thioether (sulfide) groups is 1. The third-order valence-corrected chi connectivity index (χ3v) is 7.98. The van der Waals surface area contributed by atoms with Gasteiger partial charge in [0, 0.05) is 35.8 Å². The van der Waals surface area contributed by atoms with Crippen molar-refractivity contribution < 1.29 is 5.11 Å². The first-order valence-corrected chi connectivity index (χ1v) is 13.3. The van der Waals surface area contributed by atoms with Crippen LogP contribution in [0.4, 0.5) is 11.5 Å². The van der Waals surface area contributed by atoms with Crippen LogP contribution in [0, 0.1) is 6.57 Å². The Kier molecular flexibility index (Phi) is 5.97. The van der Waals surface area contributed by atoms with Crippen LogP contribution < -0.4 is 5.32 Å². The molecular formula is C29H25N7OS. The van der Waals surface area contributed by atoms with Gasteiger partial charge < -0.3 is 10.4 Å². The highest BCUT2D eigenvalue weighted by Crippen LogP contribution is 2.41. The fraction of sp³-hybridized carbons (Fsp3) is 0.207. The van der Waals surface area contributed by atoms with Crippen molar-refractivity contribution in [2.75, 3.05) is 17.6 Å². The van der Waals surface area contributed by atoms with Crippen molar-refractivity contribution in [2.24, 2.45) is 0 Å². The molecular weight excluding hydrogens is 494 g/mol. The zero-order chi connectivity index (χ0) is 26.3. The van der Waals surface area contributed by atoms with Gasteiger partial charge in [-0.05, 0) is 49.6 Å². The van der Waals surface area contributed by atoms with E-state index in [1.165, 1.54) is 6.20 Å². The number of phenols is 1. The van der Waals surface area contributed by atoms with Crippen molar-refractivity contribution in [2.45, 2.75) is 31.0 Å². The molecule has 0 spiro atoms. The van der Waals surface area contributed by atoms with E-state index in [-0.39, 0.29) is 11.3 Å². The number of pyridine rings is 1. The number of hydrogen-bond acceptors (Lipinski definition) is 7. The summed E-state index contributed by atoms with van der Waals surface area (Å²) in [7, 11) is 0. The van der Waals surface area contributed by atoms with Crippen LogP contribution in [0.25, 0.3) is 38.5 Å². The third-order valence-electron chi connectivity index (χ3n) is 6.60. The number of fused-ring (bicyclic) bond motifs is 3. The van der Waals surface area contributed by atoms with E-state index in [1.807, 2.05) is 42.5 Å². The third kappa shape index (κ3) is 4.33. The minimum absolute atomic E-state index is 0.131. The lowest BCUT2D eigenvalue weighted by Crippen LogP contribution is -2.24. The molecule has 0 unspecified atom stereocenters. The van der Waals surface area contributed by atoms with Crippen molar-refractivity contribution >= 4 is 34.4 Å². The van der Waals surface area contributed by atoms with Crippen molar-refractivity contribution in [3.63, 3.8) is 0 Å². The first-order chi connectivity index (χ1) is 18.4. The largest absolute Gasteiger partial charge is 0.507 e. The summed E-state index contributed by atoms with van der Waals surface area (Å²) in [5.41, 5.74) is 5.38. The van der Waals surface area contributed by atoms with Gasteiger partial charge in [-0.1, -0.05) is 48.2 Å². The van der Waals surface area contributed by atoms with Gasteiger partial charge in [-0.15, -0.1) is 0 Å². The zero-order valence-corrected chi connectivity index (χ0v) is 21.8. The molecule has 0 amide bonds. The molecule has 0 aliphatic carbocycles. The van der Waals surface area contributed by atoms with Gasteiger partial charge >= 0.3 is 0 Å². The number of nitrogens with zero attached hydrogens (tertiary/aromatic N) is 6. The van der Waals surface area contributed by atoms with E-state index in [0.717, 1.165) is 45.2 Å². The maximum Gasteiger partial charge on any atom is 0.205 e. The van der Waals surface area contributed by atoms with Gasteiger partial charge in [0.2, 0.25) is 5.69 Å². The maximum absolute atomic E-state index is 10.4. The second-order valence-corrected chi connectivity index (χ2v) is 10.8. The van der Waals surface area contributed by atoms with E-state index in [0.29, 0.717) is 29.4 Å². The number of aromatic nitrogens is 5. The Balaban J connectivity index is 1.34. The predicted octanol–water partition coefficient (Wildman–Crippen LogP) is 6.31. The zero-order valence-electron chi connectivity index (χ0n) is 21.0. The Morgan fingerprint density at radius 3 is 2.71 bits per heavy atom. The molecule has 0 saturated heterocycles. The van der Waals surface area contributed by atoms with Crippen LogP contribution in [0.2, 0.25) is 0 Å². The summed E-state index contributed by atoms with van der Waals surface area (Å²) < 4.78 is 2.18. The van der Waals surface area contributed by atoms with Crippen molar-refractivity contribution in [3.8, 4) is 28.3 Å². The second-order valence-electron chi connectivity index (χ2n) is 9.84. The molecule has 0 bridgehead atoms. The van der Waals surface area contributed by atoms with E-state index in [4.69, 9.17) is 21.5 Å². The highest BCUT2D eigenvalue weighted by atomic mass is 32.2. The number of imidazole rings is 1. The molecule has 3 aromatic heterocycles. The van der Waals surface area contributed by atoms with Crippen LogP contribution in [0.15, 0.2) is 72.1 Å². The molecule has 38 heavy (non-hydrogen) atoms. The van der Waals surface area contributed by atoms with Gasteiger partial charge in [-0.25, -0.2) is 19.8 Å². The number of hydrogen-bond donors (Lipinski definition) is 2. The lowest BCUT2D eigenvalue weighted by Gasteiger charge is -2.20. The molecule has 8 nitrogen and oxygen atoms in total. The highest BCUT2D eigenvalue weighted by molar-refractivity contribution is 7.99. The molecule has 0 saturated carbocycles. The number of aromatic hydroxyl groups is 1. The normalized spacial score (nSPS) is 13.8. The standard InChI is InChI=1S/C29H25N7OS/c1-29(2)17-38-28-33-24-26(34-25(35-27(24)36(28)29)20-14-21(30-3)16-31-15-20)32-12-11-18-9-10-23(37)22(13-18)19-7-5-4-6-8-19/h4-10,13-16,37H,11-12,17H2,1-2H3,(H,32,34,35). The Bertz CT molecular complexity index is 1710. The van der Waals surface area contributed by atoms with Gasteiger partial charge in [-0.2, -0.15) is 0 Å². The summed E-state index contributed by atoms with van der Waals surface area (Å²) in [5.74, 6) is 2.34.